The number of nitrogens with one attached hydrogen (secondary N) is 1. The van der Waals surface area contributed by atoms with Crippen LogP contribution in [0.2, 0.25) is 0 Å². The summed E-state index contributed by atoms with van der Waals surface area (Å²) in [6.07, 6.45) is 0. The second-order valence-corrected chi connectivity index (χ2v) is 5.33. The number of hydrogen-bond acceptors (Lipinski definition) is 3. The molecule has 1 aromatic rings. The van der Waals surface area contributed by atoms with Crippen molar-refractivity contribution in [3.8, 4) is 6.07 Å². The molecule has 0 unspecified atom stereocenters. The highest BCUT2D eigenvalue weighted by Crippen LogP contribution is 2.13. The second kappa shape index (κ2) is 5.89. The van der Waals surface area contributed by atoms with Gasteiger partial charge in [-0.15, -0.1) is 0 Å². The van der Waals surface area contributed by atoms with Crippen molar-refractivity contribution in [2.75, 3.05) is 29.9 Å². The van der Waals surface area contributed by atoms with Crippen molar-refractivity contribution in [3.63, 3.8) is 0 Å². The van der Waals surface area contributed by atoms with Crippen molar-refractivity contribution in [2.45, 2.75) is 0 Å². The molecular formula is C12H13N3S2. The van der Waals surface area contributed by atoms with Gasteiger partial charge in [-0.2, -0.15) is 17.0 Å². The average Bonchev–Trinajstić information content (AvgIpc) is 2.40. The lowest BCUT2D eigenvalue weighted by atomic mass is 10.2. The standard InChI is InChI=1S/C12H13N3S2/c13-9-10-2-1-3-11(8-10)14-12(16)15-4-6-17-7-5-15/h1-3,8H,4-7H2,(H,14,16). The number of thiocarbonyl (C=S) groups is 1. The quantitative estimate of drug-likeness (QED) is 0.787. The fourth-order valence-corrected chi connectivity index (χ4v) is 2.84. The summed E-state index contributed by atoms with van der Waals surface area (Å²) in [6, 6.07) is 9.49. The summed E-state index contributed by atoms with van der Waals surface area (Å²) < 4.78 is 0. The van der Waals surface area contributed by atoms with E-state index in [4.69, 9.17) is 17.5 Å². The normalized spacial score (nSPS) is 15.1. The molecule has 0 aromatic heterocycles. The highest BCUT2D eigenvalue weighted by atomic mass is 32.2. The van der Waals surface area contributed by atoms with E-state index in [2.05, 4.69) is 16.3 Å². The molecule has 1 aliphatic heterocycles. The van der Waals surface area contributed by atoms with Gasteiger partial charge in [0.05, 0.1) is 11.6 Å². The second-order valence-electron chi connectivity index (χ2n) is 3.72. The Balaban J connectivity index is 1.99. The third kappa shape index (κ3) is 3.35. The minimum Gasteiger partial charge on any atom is -0.347 e. The predicted molar refractivity (Wildman–Crippen MR) is 76.3 cm³/mol. The molecule has 1 aliphatic rings. The number of benzene rings is 1. The summed E-state index contributed by atoms with van der Waals surface area (Å²) in [4.78, 5) is 2.17. The molecule has 0 atom stereocenters. The van der Waals surface area contributed by atoms with Gasteiger partial charge in [0.15, 0.2) is 5.11 Å². The fourth-order valence-electron chi connectivity index (χ4n) is 1.64. The first-order valence-electron chi connectivity index (χ1n) is 5.43. The summed E-state index contributed by atoms with van der Waals surface area (Å²) >= 11 is 7.31. The number of rotatable bonds is 1. The van der Waals surface area contributed by atoms with E-state index in [0.29, 0.717) is 5.56 Å². The molecule has 0 bridgehead atoms. The van der Waals surface area contributed by atoms with Gasteiger partial charge in [-0.05, 0) is 30.4 Å². The summed E-state index contributed by atoms with van der Waals surface area (Å²) in [7, 11) is 0. The number of anilines is 1. The van der Waals surface area contributed by atoms with Crippen LogP contribution >= 0.6 is 24.0 Å². The van der Waals surface area contributed by atoms with E-state index >= 15 is 0 Å². The van der Waals surface area contributed by atoms with Crippen LogP contribution in [0.4, 0.5) is 5.69 Å². The van der Waals surface area contributed by atoms with E-state index in [1.54, 1.807) is 6.07 Å². The zero-order valence-corrected chi connectivity index (χ0v) is 11.0. The van der Waals surface area contributed by atoms with Crippen LogP contribution in [-0.2, 0) is 0 Å². The van der Waals surface area contributed by atoms with E-state index in [1.165, 1.54) is 0 Å². The lowest BCUT2D eigenvalue weighted by Gasteiger charge is -2.29. The smallest absolute Gasteiger partial charge is 0.173 e. The van der Waals surface area contributed by atoms with Crippen molar-refractivity contribution < 1.29 is 0 Å². The van der Waals surface area contributed by atoms with Crippen LogP contribution in [0.25, 0.3) is 0 Å². The van der Waals surface area contributed by atoms with Gasteiger partial charge in [0, 0.05) is 30.3 Å². The Morgan fingerprint density at radius 3 is 2.88 bits per heavy atom. The Bertz CT molecular complexity index is 447. The van der Waals surface area contributed by atoms with Crippen LogP contribution in [0.3, 0.4) is 0 Å². The number of thioether (sulfide) groups is 1. The van der Waals surface area contributed by atoms with Crippen LogP contribution in [0.15, 0.2) is 24.3 Å². The van der Waals surface area contributed by atoms with Crippen LogP contribution in [0, 0.1) is 11.3 Å². The fraction of sp³-hybridized carbons (Fsp3) is 0.333. The maximum absolute atomic E-state index is 8.82. The molecule has 0 saturated carbocycles. The van der Waals surface area contributed by atoms with Crippen LogP contribution in [-0.4, -0.2) is 34.6 Å². The van der Waals surface area contributed by atoms with E-state index in [1.807, 2.05) is 30.0 Å². The van der Waals surface area contributed by atoms with Gasteiger partial charge in [-0.3, -0.25) is 0 Å². The highest BCUT2D eigenvalue weighted by Gasteiger charge is 2.13. The Hall–Kier alpha value is -1.25. The monoisotopic (exact) mass is 263 g/mol. The predicted octanol–water partition coefficient (Wildman–Crippen LogP) is 2.30. The minimum atomic E-state index is 0.645. The zero-order chi connectivity index (χ0) is 12.1. The number of nitriles is 1. The first-order valence-corrected chi connectivity index (χ1v) is 7.00. The largest absolute Gasteiger partial charge is 0.347 e. The van der Waals surface area contributed by atoms with Gasteiger partial charge < -0.3 is 10.2 Å². The first-order chi connectivity index (χ1) is 8.29. The minimum absolute atomic E-state index is 0.645. The molecular weight excluding hydrogens is 250 g/mol. The van der Waals surface area contributed by atoms with Crippen LogP contribution < -0.4 is 5.32 Å². The lowest BCUT2D eigenvalue weighted by Crippen LogP contribution is -2.40. The molecule has 0 spiro atoms. The molecule has 1 saturated heterocycles. The maximum Gasteiger partial charge on any atom is 0.173 e. The topological polar surface area (TPSA) is 39.1 Å². The van der Waals surface area contributed by atoms with E-state index in [-0.39, 0.29) is 0 Å². The number of hydrogen-bond donors (Lipinski definition) is 1. The van der Waals surface area contributed by atoms with Crippen LogP contribution in [0.1, 0.15) is 5.56 Å². The van der Waals surface area contributed by atoms with Crippen molar-refractivity contribution in [1.82, 2.24) is 4.90 Å². The average molecular weight is 263 g/mol. The molecule has 0 amide bonds. The van der Waals surface area contributed by atoms with Crippen LogP contribution in [0.5, 0.6) is 0 Å². The lowest BCUT2D eigenvalue weighted by molar-refractivity contribution is 0.470. The van der Waals surface area contributed by atoms with E-state index in [9.17, 15) is 0 Å². The zero-order valence-electron chi connectivity index (χ0n) is 9.35. The van der Waals surface area contributed by atoms with Crippen molar-refractivity contribution in [1.29, 1.82) is 5.26 Å². The third-order valence-corrected chi connectivity index (χ3v) is 3.84. The molecule has 1 N–H and O–H groups in total. The highest BCUT2D eigenvalue weighted by molar-refractivity contribution is 7.99. The van der Waals surface area contributed by atoms with Crippen molar-refractivity contribution in [2.24, 2.45) is 0 Å². The molecule has 0 aliphatic carbocycles. The molecule has 2 rings (SSSR count). The Labute approximate surface area is 111 Å². The van der Waals surface area contributed by atoms with Gasteiger partial charge in [-0.25, -0.2) is 0 Å². The van der Waals surface area contributed by atoms with Crippen molar-refractivity contribution >= 4 is 34.8 Å². The van der Waals surface area contributed by atoms with E-state index in [0.717, 1.165) is 35.4 Å². The summed E-state index contributed by atoms with van der Waals surface area (Å²) in [5.74, 6) is 2.25. The molecule has 1 aromatic carbocycles. The Morgan fingerprint density at radius 2 is 2.18 bits per heavy atom. The van der Waals surface area contributed by atoms with Gasteiger partial charge >= 0.3 is 0 Å². The maximum atomic E-state index is 8.82. The Morgan fingerprint density at radius 1 is 1.41 bits per heavy atom. The molecule has 1 heterocycles. The van der Waals surface area contributed by atoms with Gasteiger partial charge in [-0.1, -0.05) is 6.07 Å². The third-order valence-electron chi connectivity index (χ3n) is 2.54. The Kier molecular flexibility index (Phi) is 4.24. The molecule has 88 valence electrons. The molecule has 5 heteroatoms. The van der Waals surface area contributed by atoms with Crippen molar-refractivity contribution in [3.05, 3.63) is 29.8 Å². The van der Waals surface area contributed by atoms with E-state index < -0.39 is 0 Å². The van der Waals surface area contributed by atoms with Gasteiger partial charge in [0.25, 0.3) is 0 Å². The molecule has 17 heavy (non-hydrogen) atoms. The number of nitrogens with zero attached hydrogens (tertiary/aromatic N) is 2. The molecule has 3 nitrogen and oxygen atoms in total. The molecule has 1 fully saturated rings. The summed E-state index contributed by atoms with van der Waals surface area (Å²) in [5.41, 5.74) is 1.53. The SMILES string of the molecule is N#Cc1cccc(NC(=S)N2CCSCC2)c1. The molecule has 0 radical (unpaired) electrons. The summed E-state index contributed by atoms with van der Waals surface area (Å²) in [6.45, 7) is 1.99. The van der Waals surface area contributed by atoms with Gasteiger partial charge in [0.1, 0.15) is 0 Å². The first kappa shape index (κ1) is 12.2. The van der Waals surface area contributed by atoms with Gasteiger partial charge in [0.2, 0.25) is 0 Å². The summed E-state index contributed by atoms with van der Waals surface area (Å²) in [5, 5.41) is 12.8.